The summed E-state index contributed by atoms with van der Waals surface area (Å²) in [4.78, 5) is 55.3. The Balaban J connectivity index is 0.847. The van der Waals surface area contributed by atoms with Crippen LogP contribution in [-0.4, -0.2) is 136 Å². The molecule has 3 amide bonds. The molecule has 0 radical (unpaired) electrons. The number of fused-ring (bicyclic) bond motifs is 1. The van der Waals surface area contributed by atoms with E-state index in [2.05, 4.69) is 46.7 Å². The molecule has 0 spiro atoms. The van der Waals surface area contributed by atoms with Crippen LogP contribution in [0.3, 0.4) is 0 Å². The van der Waals surface area contributed by atoms with Crippen LogP contribution in [0.1, 0.15) is 56.8 Å². The van der Waals surface area contributed by atoms with Crippen molar-refractivity contribution >= 4 is 73.9 Å². The van der Waals surface area contributed by atoms with E-state index in [9.17, 15) is 22.8 Å². The van der Waals surface area contributed by atoms with Crippen molar-refractivity contribution in [2.75, 3.05) is 93.1 Å². The fourth-order valence-corrected chi connectivity index (χ4v) is 9.68. The molecule has 3 aromatic carbocycles. The maximum absolute atomic E-state index is 13.1. The third kappa shape index (κ3) is 9.69. The summed E-state index contributed by atoms with van der Waals surface area (Å²) in [6, 6.07) is 14.2. The molecule has 1 unspecified atom stereocenters. The van der Waals surface area contributed by atoms with Crippen LogP contribution in [0.15, 0.2) is 54.7 Å². The van der Waals surface area contributed by atoms with Gasteiger partial charge in [0.2, 0.25) is 27.8 Å². The lowest BCUT2D eigenvalue weighted by Gasteiger charge is -2.43. The number of benzene rings is 3. The van der Waals surface area contributed by atoms with Crippen molar-refractivity contribution in [3.63, 3.8) is 0 Å². The zero-order chi connectivity index (χ0) is 47.8. The largest absolute Gasteiger partial charge is 0.497 e. The molecule has 17 nitrogen and oxygen atoms in total. The molecule has 5 heterocycles. The van der Waals surface area contributed by atoms with Crippen molar-refractivity contribution in [3.8, 4) is 11.5 Å². The second-order valence-corrected chi connectivity index (χ2v) is 18.9. The Labute approximate surface area is 383 Å². The number of hydrogen-bond acceptors (Lipinski definition) is 14. The SMILES string of the molecule is [2H]C([2H])([2H])N(c1cc(OC)ccc1Nc1nc(Nc2cc(C)c(N3CCC(N4CCN(CCc5ccc6c(c5)CN(C5CCC(=O)NC5=O)C6=O)CC4)CC3)cc2OC)ncc1Cl)S(C)(=O)=O. The number of piperazine rings is 1. The number of rotatable bonds is 14. The van der Waals surface area contributed by atoms with Gasteiger partial charge in [0.05, 0.1) is 43.7 Å². The molecule has 0 saturated carbocycles. The maximum Gasteiger partial charge on any atom is 0.255 e. The number of sulfonamides is 1. The van der Waals surface area contributed by atoms with Gasteiger partial charge in [-0.3, -0.25) is 28.9 Å². The highest BCUT2D eigenvalue weighted by Crippen LogP contribution is 2.38. The molecule has 0 bridgehead atoms. The first-order valence-corrected chi connectivity index (χ1v) is 23.5. The summed E-state index contributed by atoms with van der Waals surface area (Å²) in [5.41, 5.74) is 5.37. The molecule has 0 aliphatic carbocycles. The third-order valence-electron chi connectivity index (χ3n) is 12.6. The van der Waals surface area contributed by atoms with Gasteiger partial charge in [0.15, 0.2) is 5.82 Å². The van der Waals surface area contributed by atoms with Crippen LogP contribution in [0.5, 0.6) is 11.5 Å². The molecule has 4 aliphatic heterocycles. The molecule has 3 saturated heterocycles. The maximum atomic E-state index is 13.1. The Morgan fingerprint density at radius 3 is 2.44 bits per heavy atom. The van der Waals surface area contributed by atoms with Gasteiger partial charge in [0.1, 0.15) is 22.6 Å². The number of piperidine rings is 2. The van der Waals surface area contributed by atoms with Crippen molar-refractivity contribution in [3.05, 3.63) is 82.0 Å². The van der Waals surface area contributed by atoms with Gasteiger partial charge in [-0.25, -0.2) is 13.4 Å². The molecule has 1 aromatic heterocycles. The van der Waals surface area contributed by atoms with Gasteiger partial charge in [0.25, 0.3) is 5.91 Å². The van der Waals surface area contributed by atoms with Crippen LogP contribution >= 0.6 is 11.6 Å². The molecule has 64 heavy (non-hydrogen) atoms. The van der Waals surface area contributed by atoms with Crippen LogP contribution in [0.25, 0.3) is 0 Å². The first-order chi connectivity index (χ1) is 31.9. The number of ether oxygens (including phenoxy) is 2. The number of hydrogen-bond donors (Lipinski definition) is 3. The predicted molar refractivity (Wildman–Crippen MR) is 247 cm³/mol. The number of nitrogens with one attached hydrogen (secondary N) is 3. The van der Waals surface area contributed by atoms with E-state index in [-0.39, 0.29) is 52.1 Å². The number of aryl methyl sites for hydroxylation is 1. The lowest BCUT2D eigenvalue weighted by atomic mass is 10.00. The summed E-state index contributed by atoms with van der Waals surface area (Å²) in [6.07, 6.45) is 5.71. The standard InChI is InChI=1S/C45H55ClN10O7S/c1-28-22-36(49-45-47-26-34(46)42(51-45)48-35-9-7-32(62-3)24-39(35)52(2)64(5,60)61)40(63-4)25-38(28)55-16-13-31(14-17-55)54-20-18-53(19-21-54)15-12-29-6-8-33-30(23-29)27-56(44(33)59)37-10-11-41(57)50-43(37)58/h6-9,22-26,31,37H,10-21,27H2,1-5H3,(H,50,57,58)(H2,47,48,49,51)/i2D3. The molecule has 4 aliphatic rings. The molecule has 8 rings (SSSR count). The summed E-state index contributed by atoms with van der Waals surface area (Å²) >= 11 is 6.51. The summed E-state index contributed by atoms with van der Waals surface area (Å²) < 4.78 is 60.8. The van der Waals surface area contributed by atoms with Crippen molar-refractivity contribution in [1.29, 1.82) is 0 Å². The van der Waals surface area contributed by atoms with E-state index in [1.807, 2.05) is 31.2 Å². The second-order valence-electron chi connectivity index (χ2n) is 16.6. The number of carbonyl (C=O) groups excluding carboxylic acids is 3. The Bertz CT molecular complexity index is 2660. The number of halogens is 1. The highest BCUT2D eigenvalue weighted by molar-refractivity contribution is 7.92. The Kier molecular flexibility index (Phi) is 12.1. The van der Waals surface area contributed by atoms with E-state index in [4.69, 9.17) is 25.2 Å². The first kappa shape index (κ1) is 41.0. The quantitative estimate of drug-likeness (QED) is 0.145. The molecule has 340 valence electrons. The minimum absolute atomic E-state index is 0.0959. The van der Waals surface area contributed by atoms with Crippen LogP contribution in [0, 0.1) is 6.92 Å². The van der Waals surface area contributed by atoms with Crippen molar-refractivity contribution in [1.82, 2.24) is 30.0 Å². The average Bonchev–Trinajstić information content (AvgIpc) is 3.61. The first-order valence-electron chi connectivity index (χ1n) is 22.8. The van der Waals surface area contributed by atoms with Gasteiger partial charge in [-0.2, -0.15) is 4.98 Å². The van der Waals surface area contributed by atoms with E-state index >= 15 is 0 Å². The molecule has 1 atom stereocenters. The zero-order valence-corrected chi connectivity index (χ0v) is 37.9. The van der Waals surface area contributed by atoms with Crippen molar-refractivity contribution < 1.29 is 36.4 Å². The number of aromatic nitrogens is 2. The van der Waals surface area contributed by atoms with Gasteiger partial charge in [-0.15, -0.1) is 0 Å². The number of imide groups is 1. The fourth-order valence-electron chi connectivity index (χ4n) is 9.03. The Morgan fingerprint density at radius 1 is 0.953 bits per heavy atom. The van der Waals surface area contributed by atoms with E-state index in [0.29, 0.717) is 40.3 Å². The molecule has 3 fully saturated rings. The number of anilines is 6. The highest BCUT2D eigenvalue weighted by atomic mass is 35.5. The number of nitrogens with zero attached hydrogens (tertiary/aromatic N) is 7. The number of amides is 3. The van der Waals surface area contributed by atoms with Crippen molar-refractivity contribution in [2.24, 2.45) is 0 Å². The van der Waals surface area contributed by atoms with Gasteiger partial charge in [-0.05, 0) is 73.6 Å². The van der Waals surface area contributed by atoms with Gasteiger partial charge in [0, 0.05) is 99.3 Å². The van der Waals surface area contributed by atoms with Crippen LogP contribution < -0.4 is 34.6 Å². The normalized spacial score (nSPS) is 19.7. The molecule has 19 heteroatoms. The number of methoxy groups -OCH3 is 2. The third-order valence-corrected chi connectivity index (χ3v) is 13.7. The van der Waals surface area contributed by atoms with Crippen molar-refractivity contribution in [2.45, 2.75) is 57.7 Å². The lowest BCUT2D eigenvalue weighted by molar-refractivity contribution is -0.136. The molecular formula is C45H55ClN10O7S. The summed E-state index contributed by atoms with van der Waals surface area (Å²) in [5, 5.41) is 8.69. The molecular weight excluding hydrogens is 860 g/mol. The van der Waals surface area contributed by atoms with E-state index < -0.39 is 28.9 Å². The number of carbonyl (C=O) groups is 3. The topological polar surface area (TPSA) is 182 Å². The smallest absolute Gasteiger partial charge is 0.255 e. The van der Waals surface area contributed by atoms with E-state index in [0.717, 1.165) is 88.1 Å². The molecule has 3 N–H and O–H groups in total. The van der Waals surface area contributed by atoms with Crippen LogP contribution in [-0.2, 0) is 32.6 Å². The highest BCUT2D eigenvalue weighted by Gasteiger charge is 2.39. The van der Waals surface area contributed by atoms with Gasteiger partial charge >= 0.3 is 0 Å². The summed E-state index contributed by atoms with van der Waals surface area (Å²) in [6.45, 7) is 6.08. The van der Waals surface area contributed by atoms with Gasteiger partial charge in [-0.1, -0.05) is 23.7 Å². The average molecular weight is 919 g/mol. The van der Waals surface area contributed by atoms with E-state index in [1.54, 1.807) is 18.1 Å². The summed E-state index contributed by atoms with van der Waals surface area (Å²) in [7, 11) is -1.29. The van der Waals surface area contributed by atoms with Crippen LogP contribution in [0.4, 0.5) is 34.5 Å². The van der Waals surface area contributed by atoms with E-state index in [1.165, 1.54) is 31.0 Å². The monoisotopic (exact) mass is 917 g/mol. The Hall–Kier alpha value is -5.69. The fraction of sp³-hybridized carbons (Fsp3) is 0.444. The summed E-state index contributed by atoms with van der Waals surface area (Å²) in [5.74, 6) is 0.234. The Morgan fingerprint density at radius 2 is 1.73 bits per heavy atom. The zero-order valence-electron chi connectivity index (χ0n) is 39.3. The minimum Gasteiger partial charge on any atom is -0.497 e. The lowest BCUT2D eigenvalue weighted by Crippen LogP contribution is -2.53. The second kappa shape index (κ2) is 18.8. The molecule has 4 aromatic rings. The predicted octanol–water partition coefficient (Wildman–Crippen LogP) is 4.93. The minimum atomic E-state index is -4.27. The van der Waals surface area contributed by atoms with Crippen LogP contribution in [0.2, 0.25) is 5.02 Å². The van der Waals surface area contributed by atoms with Gasteiger partial charge < -0.3 is 34.8 Å².